The Hall–Kier alpha value is -1.96. The third-order valence-corrected chi connectivity index (χ3v) is 3.00. The van der Waals surface area contributed by atoms with E-state index in [0.29, 0.717) is 5.82 Å². The Morgan fingerprint density at radius 3 is 2.63 bits per heavy atom. The van der Waals surface area contributed by atoms with Crippen molar-refractivity contribution >= 4 is 17.6 Å². The zero-order valence-corrected chi connectivity index (χ0v) is 11.2. The second kappa shape index (κ2) is 5.79. The lowest BCUT2D eigenvalue weighted by Gasteiger charge is -2.32. The quantitative estimate of drug-likeness (QED) is 0.759. The summed E-state index contributed by atoms with van der Waals surface area (Å²) in [4.78, 5) is 26.9. The van der Waals surface area contributed by atoms with Gasteiger partial charge in [-0.05, 0) is 7.05 Å². The van der Waals surface area contributed by atoms with Crippen LogP contribution >= 0.6 is 0 Å². The van der Waals surface area contributed by atoms with Crippen LogP contribution in [0, 0.1) is 0 Å². The topological polar surface area (TPSA) is 83.4 Å². The summed E-state index contributed by atoms with van der Waals surface area (Å²) in [7, 11) is 2.04. The van der Waals surface area contributed by atoms with E-state index in [1.165, 1.54) is 11.6 Å². The Morgan fingerprint density at radius 2 is 2.00 bits per heavy atom. The Morgan fingerprint density at radius 1 is 1.32 bits per heavy atom. The molecule has 0 atom stereocenters. The minimum Gasteiger partial charge on any atom is -0.339 e. The van der Waals surface area contributed by atoms with E-state index in [0.717, 1.165) is 26.2 Å². The number of hydrogen-bond acceptors (Lipinski definition) is 5. The van der Waals surface area contributed by atoms with Crippen LogP contribution in [0.4, 0.5) is 5.82 Å². The Balaban J connectivity index is 1.88. The minimum absolute atomic E-state index is 0.0207. The molecule has 0 saturated carbocycles. The molecule has 19 heavy (non-hydrogen) atoms. The molecule has 1 aromatic rings. The number of carbonyl (C=O) groups is 2. The normalized spacial score (nSPS) is 16.4. The van der Waals surface area contributed by atoms with Crippen molar-refractivity contribution in [1.29, 1.82) is 0 Å². The van der Waals surface area contributed by atoms with Crippen molar-refractivity contribution in [3.05, 3.63) is 6.20 Å². The fourth-order valence-electron chi connectivity index (χ4n) is 1.91. The van der Waals surface area contributed by atoms with Crippen LogP contribution in [0.3, 0.4) is 0 Å². The van der Waals surface area contributed by atoms with Crippen LogP contribution in [0.2, 0.25) is 0 Å². The van der Waals surface area contributed by atoms with Crippen LogP contribution in [0.25, 0.3) is 0 Å². The molecule has 1 fully saturated rings. The smallest absolute Gasteiger partial charge is 0.244 e. The maximum absolute atomic E-state index is 12.0. The van der Waals surface area contributed by atoms with Crippen LogP contribution in [0.1, 0.15) is 6.92 Å². The number of nitrogens with one attached hydrogen (secondary N) is 1. The van der Waals surface area contributed by atoms with Crippen molar-refractivity contribution in [3.63, 3.8) is 0 Å². The van der Waals surface area contributed by atoms with Crippen LogP contribution in [-0.4, -0.2) is 69.8 Å². The number of piperazine rings is 1. The van der Waals surface area contributed by atoms with E-state index in [2.05, 4.69) is 20.5 Å². The summed E-state index contributed by atoms with van der Waals surface area (Å²) in [6, 6.07) is 0. The molecule has 8 heteroatoms. The van der Waals surface area contributed by atoms with Crippen molar-refractivity contribution in [1.82, 2.24) is 24.8 Å². The highest BCUT2D eigenvalue weighted by Crippen LogP contribution is 2.03. The number of amides is 2. The van der Waals surface area contributed by atoms with Gasteiger partial charge in [0.1, 0.15) is 6.54 Å². The van der Waals surface area contributed by atoms with Crippen LogP contribution in [0.15, 0.2) is 6.20 Å². The van der Waals surface area contributed by atoms with E-state index in [1.54, 1.807) is 6.20 Å². The minimum atomic E-state index is -0.211. The predicted molar refractivity (Wildman–Crippen MR) is 68.4 cm³/mol. The largest absolute Gasteiger partial charge is 0.339 e. The first kappa shape index (κ1) is 13.5. The number of likely N-dealkylation sites (N-methyl/N-ethyl adjacent to an activating group) is 1. The number of carbonyl (C=O) groups excluding carboxylic acids is 2. The summed E-state index contributed by atoms with van der Waals surface area (Å²) in [6.45, 7) is 4.80. The predicted octanol–water partition coefficient (Wildman–Crippen LogP) is -0.989. The Bertz CT molecular complexity index is 464. The van der Waals surface area contributed by atoms with Crippen molar-refractivity contribution < 1.29 is 9.59 Å². The van der Waals surface area contributed by atoms with Crippen molar-refractivity contribution in [2.45, 2.75) is 13.5 Å². The molecule has 0 radical (unpaired) electrons. The van der Waals surface area contributed by atoms with Crippen molar-refractivity contribution in [2.75, 3.05) is 38.5 Å². The molecule has 0 unspecified atom stereocenters. The zero-order valence-electron chi connectivity index (χ0n) is 11.2. The summed E-state index contributed by atoms with van der Waals surface area (Å²) in [5, 5.41) is 10.1. The lowest BCUT2D eigenvalue weighted by molar-refractivity contribution is -0.133. The zero-order chi connectivity index (χ0) is 13.8. The SMILES string of the molecule is CC(=O)Nc1cn(CC(=O)N2CCN(C)CC2)nn1. The highest BCUT2D eigenvalue weighted by atomic mass is 16.2. The molecule has 1 aromatic heterocycles. The molecular formula is C11H18N6O2. The van der Waals surface area contributed by atoms with E-state index < -0.39 is 0 Å². The highest BCUT2D eigenvalue weighted by Gasteiger charge is 2.19. The number of hydrogen-bond donors (Lipinski definition) is 1. The molecule has 0 bridgehead atoms. The first-order valence-electron chi connectivity index (χ1n) is 6.18. The second-order valence-electron chi connectivity index (χ2n) is 4.67. The van der Waals surface area contributed by atoms with Crippen molar-refractivity contribution in [3.8, 4) is 0 Å². The first-order chi connectivity index (χ1) is 9.04. The van der Waals surface area contributed by atoms with Gasteiger partial charge in [0.25, 0.3) is 0 Å². The number of aromatic nitrogens is 3. The van der Waals surface area contributed by atoms with Gasteiger partial charge >= 0.3 is 0 Å². The van der Waals surface area contributed by atoms with Gasteiger partial charge in [0, 0.05) is 33.1 Å². The molecule has 1 aliphatic rings. The fourth-order valence-corrected chi connectivity index (χ4v) is 1.91. The van der Waals surface area contributed by atoms with Gasteiger partial charge in [-0.1, -0.05) is 5.21 Å². The van der Waals surface area contributed by atoms with E-state index in [4.69, 9.17) is 0 Å². The molecule has 0 aliphatic carbocycles. The summed E-state index contributed by atoms with van der Waals surface area (Å²) in [5.74, 6) is 0.170. The summed E-state index contributed by atoms with van der Waals surface area (Å²) >= 11 is 0. The standard InChI is InChI=1S/C11H18N6O2/c1-9(18)12-10-7-17(14-13-10)8-11(19)16-5-3-15(2)4-6-16/h7H,3-6,8H2,1-2H3,(H,12,18). The van der Waals surface area contributed by atoms with Crippen molar-refractivity contribution in [2.24, 2.45) is 0 Å². The molecule has 2 rings (SSSR count). The first-order valence-corrected chi connectivity index (χ1v) is 6.18. The molecule has 0 aromatic carbocycles. The third-order valence-electron chi connectivity index (χ3n) is 3.00. The van der Waals surface area contributed by atoms with Gasteiger partial charge in [-0.2, -0.15) is 0 Å². The summed E-state index contributed by atoms with van der Waals surface area (Å²) in [5.41, 5.74) is 0. The van der Waals surface area contributed by atoms with Gasteiger partial charge in [0.15, 0.2) is 5.82 Å². The molecule has 0 spiro atoms. The molecule has 1 N–H and O–H groups in total. The van der Waals surface area contributed by atoms with Gasteiger partial charge < -0.3 is 15.1 Å². The average molecular weight is 266 g/mol. The summed E-state index contributed by atoms with van der Waals surface area (Å²) < 4.78 is 1.44. The molecule has 1 saturated heterocycles. The van der Waals surface area contributed by atoms with Gasteiger partial charge in [0.2, 0.25) is 11.8 Å². The van der Waals surface area contributed by atoms with Gasteiger partial charge in [-0.25, -0.2) is 4.68 Å². The van der Waals surface area contributed by atoms with E-state index in [-0.39, 0.29) is 18.4 Å². The Labute approximate surface area is 111 Å². The number of rotatable bonds is 3. The second-order valence-corrected chi connectivity index (χ2v) is 4.67. The average Bonchev–Trinajstić information content (AvgIpc) is 2.76. The van der Waals surface area contributed by atoms with Gasteiger partial charge in [-0.15, -0.1) is 5.10 Å². The van der Waals surface area contributed by atoms with Gasteiger partial charge in [0.05, 0.1) is 6.20 Å². The maximum Gasteiger partial charge on any atom is 0.244 e. The highest BCUT2D eigenvalue weighted by molar-refractivity contribution is 5.87. The lowest BCUT2D eigenvalue weighted by atomic mass is 10.3. The molecule has 1 aliphatic heterocycles. The molecule has 8 nitrogen and oxygen atoms in total. The number of anilines is 1. The van der Waals surface area contributed by atoms with E-state index in [1.807, 2.05) is 11.9 Å². The van der Waals surface area contributed by atoms with Crippen LogP contribution in [-0.2, 0) is 16.1 Å². The van der Waals surface area contributed by atoms with E-state index in [9.17, 15) is 9.59 Å². The van der Waals surface area contributed by atoms with E-state index >= 15 is 0 Å². The monoisotopic (exact) mass is 266 g/mol. The van der Waals surface area contributed by atoms with Crippen LogP contribution in [0.5, 0.6) is 0 Å². The Kier molecular flexibility index (Phi) is 4.10. The van der Waals surface area contributed by atoms with Gasteiger partial charge in [-0.3, -0.25) is 9.59 Å². The molecule has 104 valence electrons. The fraction of sp³-hybridized carbons (Fsp3) is 0.636. The van der Waals surface area contributed by atoms with Crippen LogP contribution < -0.4 is 5.32 Å². The number of nitrogens with zero attached hydrogens (tertiary/aromatic N) is 5. The summed E-state index contributed by atoms with van der Waals surface area (Å²) in [6.07, 6.45) is 1.55. The third kappa shape index (κ3) is 3.75. The molecule has 2 amide bonds. The maximum atomic E-state index is 12.0. The molecular weight excluding hydrogens is 248 g/mol. The molecule has 2 heterocycles. The lowest BCUT2D eigenvalue weighted by Crippen LogP contribution is -2.48.